The lowest BCUT2D eigenvalue weighted by Crippen LogP contribution is -1.99. The van der Waals surface area contributed by atoms with Crippen molar-refractivity contribution in [1.29, 1.82) is 0 Å². The first kappa shape index (κ1) is 14.0. The Morgan fingerprint density at radius 1 is 1.45 bits per heavy atom. The van der Waals surface area contributed by atoms with Gasteiger partial charge in [0.1, 0.15) is 0 Å². The van der Waals surface area contributed by atoms with Crippen molar-refractivity contribution in [3.05, 3.63) is 39.4 Å². The van der Waals surface area contributed by atoms with Crippen LogP contribution in [0.5, 0.6) is 0 Å². The summed E-state index contributed by atoms with van der Waals surface area (Å²) in [5.41, 5.74) is 8.11. The molecule has 6 heteroatoms. The van der Waals surface area contributed by atoms with Gasteiger partial charge in [0, 0.05) is 22.8 Å². The van der Waals surface area contributed by atoms with Gasteiger partial charge in [-0.1, -0.05) is 19.0 Å². The number of nitrogens with two attached hydrogens (primary N) is 1. The van der Waals surface area contributed by atoms with E-state index in [0.29, 0.717) is 23.1 Å². The van der Waals surface area contributed by atoms with E-state index in [4.69, 9.17) is 10.3 Å². The predicted octanol–water partition coefficient (Wildman–Crippen LogP) is 3.34. The number of nitro groups is 1. The van der Waals surface area contributed by atoms with E-state index in [-0.39, 0.29) is 5.69 Å². The number of benzene rings is 1. The summed E-state index contributed by atoms with van der Waals surface area (Å²) in [6.07, 6.45) is 0.751. The number of nitrogen functional groups attached to an aromatic ring is 1. The lowest BCUT2D eigenvalue weighted by atomic mass is 9.98. The lowest BCUT2D eigenvalue weighted by molar-refractivity contribution is -0.385. The van der Waals surface area contributed by atoms with E-state index in [1.54, 1.807) is 19.1 Å². The Balaban J connectivity index is 2.47. The van der Waals surface area contributed by atoms with Crippen molar-refractivity contribution < 1.29 is 9.45 Å². The maximum absolute atomic E-state index is 10.8. The number of hydrogen-bond donors (Lipinski definition) is 1. The minimum absolute atomic E-state index is 0.0895. The van der Waals surface area contributed by atoms with Gasteiger partial charge in [-0.3, -0.25) is 10.1 Å². The van der Waals surface area contributed by atoms with Gasteiger partial charge in [-0.05, 0) is 31.4 Å². The molecule has 0 unspecified atom stereocenters. The van der Waals surface area contributed by atoms with Gasteiger partial charge in [0.15, 0.2) is 11.6 Å². The number of rotatable bonds is 4. The monoisotopic (exact) mass is 275 g/mol. The minimum Gasteiger partial charge on any atom is -0.381 e. The zero-order chi connectivity index (χ0) is 14.9. The third-order valence-corrected chi connectivity index (χ3v) is 3.09. The van der Waals surface area contributed by atoms with E-state index in [2.05, 4.69) is 19.0 Å². The van der Waals surface area contributed by atoms with Crippen molar-refractivity contribution in [2.75, 3.05) is 5.73 Å². The summed E-state index contributed by atoms with van der Waals surface area (Å²) in [6.45, 7) is 5.86. The molecule has 0 radical (unpaired) electrons. The van der Waals surface area contributed by atoms with Crippen LogP contribution in [0.25, 0.3) is 11.3 Å². The zero-order valence-electron chi connectivity index (χ0n) is 11.7. The second-order valence-electron chi connectivity index (χ2n) is 5.23. The first-order valence-electron chi connectivity index (χ1n) is 6.39. The Hall–Kier alpha value is -2.37. The number of aromatic nitrogens is 1. The fourth-order valence-electron chi connectivity index (χ4n) is 2.16. The van der Waals surface area contributed by atoms with E-state index in [1.807, 2.05) is 0 Å². The summed E-state index contributed by atoms with van der Waals surface area (Å²) in [4.78, 5) is 10.4. The van der Waals surface area contributed by atoms with Crippen molar-refractivity contribution in [1.82, 2.24) is 5.16 Å². The van der Waals surface area contributed by atoms with Crippen molar-refractivity contribution in [3.63, 3.8) is 0 Å². The van der Waals surface area contributed by atoms with Crippen LogP contribution < -0.4 is 5.73 Å². The number of nitrogens with zero attached hydrogens (tertiary/aromatic N) is 2. The van der Waals surface area contributed by atoms with Crippen LogP contribution in [0.15, 0.2) is 22.7 Å². The Morgan fingerprint density at radius 2 is 2.15 bits per heavy atom. The Kier molecular flexibility index (Phi) is 3.74. The molecule has 0 spiro atoms. The molecule has 1 heterocycles. The summed E-state index contributed by atoms with van der Waals surface area (Å²) >= 11 is 0. The summed E-state index contributed by atoms with van der Waals surface area (Å²) in [5.74, 6) is 1.38. The summed E-state index contributed by atoms with van der Waals surface area (Å²) < 4.78 is 5.29. The molecule has 0 aliphatic rings. The molecule has 0 amide bonds. The minimum atomic E-state index is -0.400. The molecule has 2 rings (SSSR count). The van der Waals surface area contributed by atoms with E-state index in [9.17, 15) is 10.1 Å². The molecule has 0 fully saturated rings. The van der Waals surface area contributed by atoms with Crippen LogP contribution in [0.4, 0.5) is 11.5 Å². The smallest absolute Gasteiger partial charge is 0.272 e. The van der Waals surface area contributed by atoms with Crippen LogP contribution >= 0.6 is 0 Å². The van der Waals surface area contributed by atoms with E-state index < -0.39 is 4.92 Å². The van der Waals surface area contributed by atoms with Crippen LogP contribution in [-0.2, 0) is 6.42 Å². The van der Waals surface area contributed by atoms with Crippen molar-refractivity contribution in [3.8, 4) is 11.3 Å². The molecule has 106 valence electrons. The zero-order valence-corrected chi connectivity index (χ0v) is 11.7. The molecule has 0 aliphatic carbocycles. The normalized spacial score (nSPS) is 11.0. The second-order valence-corrected chi connectivity index (χ2v) is 5.23. The highest BCUT2D eigenvalue weighted by molar-refractivity contribution is 5.68. The van der Waals surface area contributed by atoms with E-state index >= 15 is 0 Å². The summed E-state index contributed by atoms with van der Waals surface area (Å²) in [6, 6.07) is 4.86. The standard InChI is InChI=1S/C14H17N3O3/c1-8(2)6-11-13(20-16-14(11)15)10-4-5-12(17(18)19)9(3)7-10/h4-5,7-8H,6H2,1-3H3,(H2,15,16). The maximum Gasteiger partial charge on any atom is 0.272 e. The van der Waals surface area contributed by atoms with Gasteiger partial charge in [-0.15, -0.1) is 0 Å². The molecule has 6 nitrogen and oxygen atoms in total. The lowest BCUT2D eigenvalue weighted by Gasteiger charge is -2.06. The number of hydrogen-bond acceptors (Lipinski definition) is 5. The fraction of sp³-hybridized carbons (Fsp3) is 0.357. The summed E-state index contributed by atoms with van der Waals surface area (Å²) in [7, 11) is 0. The molecule has 2 N–H and O–H groups in total. The number of aryl methyl sites for hydroxylation is 1. The number of anilines is 1. The highest BCUT2D eigenvalue weighted by Crippen LogP contribution is 2.32. The van der Waals surface area contributed by atoms with Gasteiger partial charge < -0.3 is 10.3 Å². The third-order valence-electron chi connectivity index (χ3n) is 3.09. The van der Waals surface area contributed by atoms with Gasteiger partial charge in [0.25, 0.3) is 5.69 Å². The maximum atomic E-state index is 10.8. The topological polar surface area (TPSA) is 95.2 Å². The van der Waals surface area contributed by atoms with Gasteiger partial charge >= 0.3 is 0 Å². The van der Waals surface area contributed by atoms with Crippen molar-refractivity contribution in [2.45, 2.75) is 27.2 Å². The first-order chi connectivity index (χ1) is 9.40. The van der Waals surface area contributed by atoms with E-state index in [1.165, 1.54) is 6.07 Å². The highest BCUT2D eigenvalue weighted by Gasteiger charge is 2.19. The van der Waals surface area contributed by atoms with Crippen molar-refractivity contribution >= 4 is 11.5 Å². The average molecular weight is 275 g/mol. The molecule has 0 atom stereocenters. The van der Waals surface area contributed by atoms with Crippen LogP contribution in [0.2, 0.25) is 0 Å². The molecule has 0 bridgehead atoms. The fourth-order valence-corrected chi connectivity index (χ4v) is 2.16. The third kappa shape index (κ3) is 2.64. The molecular formula is C14H17N3O3. The first-order valence-corrected chi connectivity index (χ1v) is 6.39. The van der Waals surface area contributed by atoms with Gasteiger partial charge in [0.2, 0.25) is 0 Å². The molecule has 0 saturated heterocycles. The quantitative estimate of drug-likeness (QED) is 0.682. The van der Waals surface area contributed by atoms with Gasteiger partial charge in [-0.2, -0.15) is 0 Å². The molecule has 0 saturated carbocycles. The second kappa shape index (κ2) is 5.32. The van der Waals surface area contributed by atoms with Crippen molar-refractivity contribution in [2.24, 2.45) is 5.92 Å². The van der Waals surface area contributed by atoms with Crippen LogP contribution in [0.1, 0.15) is 25.0 Å². The Bertz CT molecular complexity index is 647. The Morgan fingerprint density at radius 3 is 2.70 bits per heavy atom. The SMILES string of the molecule is Cc1cc(-c2onc(N)c2CC(C)C)ccc1[N+](=O)[O-]. The van der Waals surface area contributed by atoms with Gasteiger partial charge in [-0.25, -0.2) is 0 Å². The molecular weight excluding hydrogens is 258 g/mol. The summed E-state index contributed by atoms with van der Waals surface area (Å²) in [5, 5.41) is 14.6. The van der Waals surface area contributed by atoms with E-state index in [0.717, 1.165) is 17.5 Å². The molecule has 0 aliphatic heterocycles. The molecule has 1 aromatic carbocycles. The number of nitro benzene ring substituents is 1. The largest absolute Gasteiger partial charge is 0.381 e. The van der Waals surface area contributed by atoms with Crippen LogP contribution in [0.3, 0.4) is 0 Å². The molecule has 20 heavy (non-hydrogen) atoms. The predicted molar refractivity (Wildman–Crippen MR) is 76.3 cm³/mol. The molecule has 2 aromatic rings. The Labute approximate surface area is 116 Å². The van der Waals surface area contributed by atoms with Crippen LogP contribution in [0, 0.1) is 23.0 Å². The molecule has 1 aromatic heterocycles. The van der Waals surface area contributed by atoms with Gasteiger partial charge in [0.05, 0.1) is 4.92 Å². The highest BCUT2D eigenvalue weighted by atomic mass is 16.6. The van der Waals surface area contributed by atoms with Crippen LogP contribution in [-0.4, -0.2) is 10.1 Å². The average Bonchev–Trinajstić information content (AvgIpc) is 2.70.